The number of methoxy groups -OCH3 is 1. The first-order valence-electron chi connectivity index (χ1n) is 12.9. The zero-order valence-electron chi connectivity index (χ0n) is 21.0. The van der Waals surface area contributed by atoms with Crippen LogP contribution in [0.5, 0.6) is 0 Å². The fourth-order valence-corrected chi connectivity index (χ4v) is 9.63. The number of ketones is 1. The van der Waals surface area contributed by atoms with Crippen LogP contribution >= 0.6 is 0 Å². The second-order valence-corrected chi connectivity index (χ2v) is 13.7. The molecule has 4 rings (SSSR count). The van der Waals surface area contributed by atoms with Crippen molar-refractivity contribution in [2.24, 2.45) is 46.3 Å². The summed E-state index contributed by atoms with van der Waals surface area (Å²) in [6.07, 6.45) is 9.55. The molecular weight excluding hydrogens is 440 g/mol. The molecule has 7 heteroatoms. The quantitative estimate of drug-likeness (QED) is 0.401. The van der Waals surface area contributed by atoms with Crippen LogP contribution in [0.1, 0.15) is 85.0 Å². The molecule has 33 heavy (non-hydrogen) atoms. The molecule has 9 atom stereocenters. The highest BCUT2D eigenvalue weighted by atomic mass is 32.2. The lowest BCUT2D eigenvalue weighted by molar-refractivity contribution is -0.159. The molecule has 188 valence electrons. The molecule has 3 unspecified atom stereocenters. The van der Waals surface area contributed by atoms with Crippen molar-refractivity contribution in [3.8, 4) is 0 Å². The standard InChI is InChI=1S/C26H42O6S/c1-16(6-9-24(28)31-4)19-7-8-20-18-15-23(27)22-14-17(32-33(5,29)30)10-12-26(22,3)21(18)11-13-25(19,20)2/h16-22H,6-15H2,1-5H3/t16-,17-,18?,19-,20?,21?,22-,25-,26-/m1/s1. The lowest BCUT2D eigenvalue weighted by Gasteiger charge is -2.60. The minimum atomic E-state index is -3.51. The van der Waals surface area contributed by atoms with E-state index in [1.54, 1.807) is 0 Å². The summed E-state index contributed by atoms with van der Waals surface area (Å²) >= 11 is 0. The van der Waals surface area contributed by atoms with E-state index in [9.17, 15) is 18.0 Å². The van der Waals surface area contributed by atoms with Crippen LogP contribution in [0.15, 0.2) is 0 Å². The third-order valence-electron chi connectivity index (χ3n) is 10.5. The SMILES string of the molecule is COC(=O)CC[C@@H](C)[C@H]1CCC2C3CC(=O)[C@H]4C[C@H](OS(C)(=O)=O)CC[C@]4(C)C3CC[C@@]21C. The summed E-state index contributed by atoms with van der Waals surface area (Å²) in [5, 5.41) is 0. The van der Waals surface area contributed by atoms with Crippen LogP contribution < -0.4 is 0 Å². The maximum Gasteiger partial charge on any atom is 0.305 e. The number of hydrogen-bond acceptors (Lipinski definition) is 6. The Morgan fingerprint density at radius 3 is 2.42 bits per heavy atom. The third kappa shape index (κ3) is 4.53. The van der Waals surface area contributed by atoms with Crippen molar-refractivity contribution >= 4 is 21.9 Å². The van der Waals surface area contributed by atoms with Crippen LogP contribution in [0.25, 0.3) is 0 Å². The van der Waals surface area contributed by atoms with Crippen molar-refractivity contribution in [3.63, 3.8) is 0 Å². The molecule has 0 amide bonds. The molecule has 0 bridgehead atoms. The Hall–Kier alpha value is -0.950. The van der Waals surface area contributed by atoms with E-state index in [1.807, 2.05) is 0 Å². The fourth-order valence-electron chi connectivity index (χ4n) is 8.96. The molecule has 4 aliphatic carbocycles. The minimum absolute atomic E-state index is 0.0483. The molecule has 0 aromatic heterocycles. The third-order valence-corrected chi connectivity index (χ3v) is 11.1. The van der Waals surface area contributed by atoms with Crippen LogP contribution in [0.3, 0.4) is 0 Å². The zero-order valence-corrected chi connectivity index (χ0v) is 21.8. The van der Waals surface area contributed by atoms with Gasteiger partial charge in [0.15, 0.2) is 0 Å². The van der Waals surface area contributed by atoms with Gasteiger partial charge in [0.2, 0.25) is 0 Å². The van der Waals surface area contributed by atoms with Crippen LogP contribution in [0, 0.1) is 46.3 Å². The van der Waals surface area contributed by atoms with Crippen molar-refractivity contribution in [3.05, 3.63) is 0 Å². The normalized spacial score (nSPS) is 43.8. The van der Waals surface area contributed by atoms with Gasteiger partial charge in [-0.1, -0.05) is 20.8 Å². The van der Waals surface area contributed by atoms with Crippen LogP contribution in [-0.4, -0.2) is 39.6 Å². The Morgan fingerprint density at radius 2 is 1.76 bits per heavy atom. The van der Waals surface area contributed by atoms with Crippen molar-refractivity contribution in [1.82, 2.24) is 0 Å². The van der Waals surface area contributed by atoms with Gasteiger partial charge >= 0.3 is 5.97 Å². The first-order valence-corrected chi connectivity index (χ1v) is 14.7. The van der Waals surface area contributed by atoms with Gasteiger partial charge in [-0.05, 0) is 91.8 Å². The molecule has 0 aliphatic heterocycles. The number of carbonyl (C=O) groups excluding carboxylic acids is 2. The van der Waals surface area contributed by atoms with E-state index in [-0.39, 0.29) is 28.8 Å². The largest absolute Gasteiger partial charge is 0.469 e. The topological polar surface area (TPSA) is 86.7 Å². The Kier molecular flexibility index (Phi) is 6.80. The van der Waals surface area contributed by atoms with Crippen molar-refractivity contribution in [2.75, 3.05) is 13.4 Å². The maximum atomic E-state index is 13.5. The molecule has 0 aromatic carbocycles. The van der Waals surface area contributed by atoms with Crippen molar-refractivity contribution < 1.29 is 26.9 Å². The van der Waals surface area contributed by atoms with Gasteiger partial charge in [-0.3, -0.25) is 13.8 Å². The molecule has 0 radical (unpaired) electrons. The molecule has 0 N–H and O–H groups in total. The van der Waals surface area contributed by atoms with Gasteiger partial charge in [0, 0.05) is 18.8 Å². The van der Waals surface area contributed by atoms with Crippen LogP contribution in [0.4, 0.5) is 0 Å². The predicted molar refractivity (Wildman–Crippen MR) is 126 cm³/mol. The first-order chi connectivity index (χ1) is 15.4. The van der Waals surface area contributed by atoms with E-state index in [0.717, 1.165) is 25.5 Å². The number of rotatable bonds is 6. The summed E-state index contributed by atoms with van der Waals surface area (Å²) in [4.78, 5) is 25.1. The van der Waals surface area contributed by atoms with Gasteiger partial charge in [0.25, 0.3) is 10.1 Å². The van der Waals surface area contributed by atoms with E-state index in [0.29, 0.717) is 61.1 Å². The molecule has 0 spiro atoms. The van der Waals surface area contributed by atoms with Gasteiger partial charge in [0.05, 0.1) is 19.5 Å². The fraction of sp³-hybridized carbons (Fsp3) is 0.923. The van der Waals surface area contributed by atoms with E-state index >= 15 is 0 Å². The summed E-state index contributed by atoms with van der Waals surface area (Å²) in [6, 6.07) is 0. The molecule has 6 nitrogen and oxygen atoms in total. The second-order valence-electron chi connectivity index (χ2n) is 12.1. The average molecular weight is 483 g/mol. The second kappa shape index (κ2) is 8.92. The van der Waals surface area contributed by atoms with Gasteiger partial charge in [0.1, 0.15) is 5.78 Å². The molecule has 4 saturated carbocycles. The first kappa shape index (κ1) is 25.2. The summed E-state index contributed by atoms with van der Waals surface area (Å²) in [7, 11) is -2.05. The van der Waals surface area contributed by atoms with Crippen molar-refractivity contribution in [2.45, 2.75) is 91.1 Å². The molecule has 4 fully saturated rings. The van der Waals surface area contributed by atoms with Gasteiger partial charge in [-0.2, -0.15) is 8.42 Å². The lowest BCUT2D eigenvalue weighted by atomic mass is 9.44. The number of ether oxygens (including phenoxy) is 1. The molecule has 4 aliphatic rings. The van der Waals surface area contributed by atoms with Gasteiger partial charge in [-0.25, -0.2) is 0 Å². The Bertz CT molecular complexity index is 883. The Morgan fingerprint density at radius 1 is 1.09 bits per heavy atom. The van der Waals surface area contributed by atoms with E-state index < -0.39 is 10.1 Å². The van der Waals surface area contributed by atoms with E-state index in [2.05, 4.69) is 20.8 Å². The number of Topliss-reactive ketones (excluding diaryl/α,β-unsaturated/α-hetero) is 1. The molecule has 0 saturated heterocycles. The number of esters is 1. The monoisotopic (exact) mass is 482 g/mol. The van der Waals surface area contributed by atoms with E-state index in [1.165, 1.54) is 26.4 Å². The minimum Gasteiger partial charge on any atom is -0.469 e. The summed E-state index contributed by atoms with van der Waals surface area (Å²) in [5.41, 5.74) is 0.185. The Labute approximate surface area is 199 Å². The highest BCUT2D eigenvalue weighted by Gasteiger charge is 2.62. The highest BCUT2D eigenvalue weighted by Crippen LogP contribution is 2.68. The summed E-state index contributed by atoms with van der Waals surface area (Å²) in [5.74, 6) is 2.71. The predicted octanol–water partition coefficient (Wildman–Crippen LogP) is 4.76. The lowest BCUT2D eigenvalue weighted by Crippen LogP contribution is -2.57. The molecule has 0 aromatic rings. The molecular formula is C26H42O6S. The van der Waals surface area contributed by atoms with E-state index in [4.69, 9.17) is 8.92 Å². The highest BCUT2D eigenvalue weighted by molar-refractivity contribution is 7.86. The van der Waals surface area contributed by atoms with Crippen molar-refractivity contribution in [1.29, 1.82) is 0 Å². The number of fused-ring (bicyclic) bond motifs is 5. The smallest absolute Gasteiger partial charge is 0.305 e. The van der Waals surface area contributed by atoms with Crippen LogP contribution in [-0.2, 0) is 28.6 Å². The van der Waals surface area contributed by atoms with Gasteiger partial charge < -0.3 is 4.74 Å². The summed E-state index contributed by atoms with van der Waals surface area (Å²) < 4.78 is 33.5. The van der Waals surface area contributed by atoms with Crippen LogP contribution in [0.2, 0.25) is 0 Å². The average Bonchev–Trinajstić information content (AvgIpc) is 3.09. The zero-order chi connectivity index (χ0) is 24.2. The molecule has 0 heterocycles. The number of hydrogen-bond donors (Lipinski definition) is 0. The number of carbonyl (C=O) groups is 2. The van der Waals surface area contributed by atoms with Gasteiger partial charge in [-0.15, -0.1) is 0 Å². The summed E-state index contributed by atoms with van der Waals surface area (Å²) in [6.45, 7) is 7.05. The maximum absolute atomic E-state index is 13.5. The Balaban J connectivity index is 1.50.